The lowest BCUT2D eigenvalue weighted by Gasteiger charge is -2.21. The lowest BCUT2D eigenvalue weighted by molar-refractivity contribution is -0.127. The number of hydrogen-bond donors (Lipinski definition) is 1. The minimum Gasteiger partial charge on any atom is -0.394 e. The van der Waals surface area contributed by atoms with Crippen LogP contribution in [-0.2, 0) is 4.79 Å². The van der Waals surface area contributed by atoms with Crippen molar-refractivity contribution in [1.29, 1.82) is 0 Å². The van der Waals surface area contributed by atoms with Gasteiger partial charge in [0.1, 0.15) is 0 Å². The molecule has 1 N–H and O–H groups in total. The maximum atomic E-state index is 12.1. The zero-order chi connectivity index (χ0) is 13.0. The molecule has 1 unspecified atom stereocenters. The Morgan fingerprint density at radius 3 is 2.83 bits per heavy atom. The molecule has 1 amide bonds. The number of benzene rings is 1. The number of rotatable bonds is 3. The Balaban J connectivity index is 2.10. The lowest BCUT2D eigenvalue weighted by Crippen LogP contribution is -2.36. The molecule has 1 saturated heterocycles. The minimum absolute atomic E-state index is 0.00248. The van der Waals surface area contributed by atoms with E-state index < -0.39 is 0 Å². The number of allylic oxidation sites excluding steroid dienone is 1. The Morgan fingerprint density at radius 1 is 1.44 bits per heavy atom. The summed E-state index contributed by atoms with van der Waals surface area (Å²) in [6.45, 7) is 2.75. The third-order valence-electron chi connectivity index (χ3n) is 3.44. The van der Waals surface area contributed by atoms with E-state index in [0.717, 1.165) is 30.5 Å². The molecule has 1 aromatic rings. The zero-order valence-electron chi connectivity index (χ0n) is 10.7. The SMILES string of the molecule is C/C(=C\C(=O)N1CCCC1CO)c1ccccc1. The Kier molecular flexibility index (Phi) is 4.15. The average Bonchev–Trinajstić information content (AvgIpc) is 2.88. The standard InChI is InChI=1S/C15H19NO2/c1-12(13-6-3-2-4-7-13)10-15(18)16-9-5-8-14(16)11-17/h2-4,6-7,10,14,17H,5,8-9,11H2,1H3/b12-10+. The molecule has 0 aromatic heterocycles. The third kappa shape index (κ3) is 2.79. The summed E-state index contributed by atoms with van der Waals surface area (Å²) < 4.78 is 0. The Hall–Kier alpha value is -1.61. The smallest absolute Gasteiger partial charge is 0.247 e. The van der Waals surface area contributed by atoms with E-state index in [2.05, 4.69) is 0 Å². The van der Waals surface area contributed by atoms with Gasteiger partial charge in [0.2, 0.25) is 5.91 Å². The fourth-order valence-electron chi connectivity index (χ4n) is 2.37. The highest BCUT2D eigenvalue weighted by molar-refractivity contribution is 5.95. The van der Waals surface area contributed by atoms with Crippen LogP contribution in [0.2, 0.25) is 0 Å². The molecule has 3 heteroatoms. The normalized spacial score (nSPS) is 20.2. The third-order valence-corrected chi connectivity index (χ3v) is 3.44. The number of nitrogens with zero attached hydrogens (tertiary/aromatic N) is 1. The average molecular weight is 245 g/mol. The van der Waals surface area contributed by atoms with Crippen molar-refractivity contribution in [3.05, 3.63) is 42.0 Å². The van der Waals surface area contributed by atoms with E-state index in [1.807, 2.05) is 37.3 Å². The first-order chi connectivity index (χ1) is 8.72. The van der Waals surface area contributed by atoms with E-state index in [1.165, 1.54) is 0 Å². The Morgan fingerprint density at radius 2 is 2.17 bits per heavy atom. The fourth-order valence-corrected chi connectivity index (χ4v) is 2.37. The second kappa shape index (κ2) is 5.83. The van der Waals surface area contributed by atoms with E-state index in [9.17, 15) is 9.90 Å². The molecule has 1 atom stereocenters. The Labute approximate surface area is 108 Å². The molecule has 0 bridgehead atoms. The van der Waals surface area contributed by atoms with E-state index >= 15 is 0 Å². The maximum absolute atomic E-state index is 12.1. The number of hydrogen-bond acceptors (Lipinski definition) is 2. The van der Waals surface area contributed by atoms with Gasteiger partial charge in [-0.2, -0.15) is 0 Å². The molecule has 1 aliphatic heterocycles. The molecule has 0 saturated carbocycles. The van der Waals surface area contributed by atoms with Crippen LogP contribution in [0.4, 0.5) is 0 Å². The van der Waals surface area contributed by atoms with Gasteiger partial charge in [-0.25, -0.2) is 0 Å². The van der Waals surface area contributed by atoms with Crippen molar-refractivity contribution in [2.75, 3.05) is 13.2 Å². The number of carbonyl (C=O) groups is 1. The van der Waals surface area contributed by atoms with Crippen molar-refractivity contribution in [2.24, 2.45) is 0 Å². The van der Waals surface area contributed by atoms with E-state index in [-0.39, 0.29) is 18.6 Å². The first kappa shape index (κ1) is 12.8. The van der Waals surface area contributed by atoms with Crippen LogP contribution in [0.5, 0.6) is 0 Å². The van der Waals surface area contributed by atoms with Crippen LogP contribution in [0.1, 0.15) is 25.3 Å². The molecule has 0 radical (unpaired) electrons. The van der Waals surface area contributed by atoms with Gasteiger partial charge in [-0.3, -0.25) is 4.79 Å². The molecule has 3 nitrogen and oxygen atoms in total. The van der Waals surface area contributed by atoms with Gasteiger partial charge in [0.15, 0.2) is 0 Å². The Bertz CT molecular complexity index is 439. The van der Waals surface area contributed by atoms with Gasteiger partial charge in [-0.15, -0.1) is 0 Å². The zero-order valence-corrected chi connectivity index (χ0v) is 10.7. The van der Waals surface area contributed by atoms with Crippen molar-refractivity contribution in [2.45, 2.75) is 25.8 Å². The first-order valence-electron chi connectivity index (χ1n) is 6.37. The topological polar surface area (TPSA) is 40.5 Å². The number of aliphatic hydroxyl groups is 1. The van der Waals surface area contributed by atoms with Crippen molar-refractivity contribution < 1.29 is 9.90 Å². The molecule has 18 heavy (non-hydrogen) atoms. The van der Waals surface area contributed by atoms with Crippen molar-refractivity contribution >= 4 is 11.5 Å². The first-order valence-corrected chi connectivity index (χ1v) is 6.37. The van der Waals surface area contributed by atoms with Gasteiger partial charge in [0.05, 0.1) is 12.6 Å². The predicted molar refractivity (Wildman–Crippen MR) is 71.9 cm³/mol. The van der Waals surface area contributed by atoms with Gasteiger partial charge in [-0.05, 0) is 30.9 Å². The fraction of sp³-hybridized carbons (Fsp3) is 0.400. The van der Waals surface area contributed by atoms with Gasteiger partial charge >= 0.3 is 0 Å². The maximum Gasteiger partial charge on any atom is 0.247 e. The summed E-state index contributed by atoms with van der Waals surface area (Å²) in [5.74, 6) is 0.00732. The summed E-state index contributed by atoms with van der Waals surface area (Å²) in [5.41, 5.74) is 2.02. The van der Waals surface area contributed by atoms with Gasteiger partial charge < -0.3 is 10.0 Å². The minimum atomic E-state index is -0.00248. The van der Waals surface area contributed by atoms with Gasteiger partial charge in [-0.1, -0.05) is 30.3 Å². The lowest BCUT2D eigenvalue weighted by atomic mass is 10.1. The van der Waals surface area contributed by atoms with Crippen LogP contribution in [0, 0.1) is 0 Å². The highest BCUT2D eigenvalue weighted by Crippen LogP contribution is 2.19. The largest absolute Gasteiger partial charge is 0.394 e. The molecular weight excluding hydrogens is 226 g/mol. The van der Waals surface area contributed by atoms with Crippen molar-refractivity contribution in [1.82, 2.24) is 4.90 Å². The van der Waals surface area contributed by atoms with E-state index in [1.54, 1.807) is 11.0 Å². The summed E-state index contributed by atoms with van der Waals surface area (Å²) in [7, 11) is 0. The predicted octanol–water partition coefficient (Wildman–Crippen LogP) is 2.07. The van der Waals surface area contributed by atoms with Crippen molar-refractivity contribution in [3.8, 4) is 0 Å². The monoisotopic (exact) mass is 245 g/mol. The van der Waals surface area contributed by atoms with Gasteiger partial charge in [0, 0.05) is 12.6 Å². The summed E-state index contributed by atoms with van der Waals surface area (Å²) in [6.07, 6.45) is 3.55. The van der Waals surface area contributed by atoms with Crippen LogP contribution in [-0.4, -0.2) is 35.1 Å². The van der Waals surface area contributed by atoms with Crippen LogP contribution < -0.4 is 0 Å². The summed E-state index contributed by atoms with van der Waals surface area (Å²) in [6, 6.07) is 9.87. The summed E-state index contributed by atoms with van der Waals surface area (Å²) in [4.78, 5) is 13.9. The van der Waals surface area contributed by atoms with E-state index in [0.29, 0.717) is 0 Å². The molecular formula is C15H19NO2. The van der Waals surface area contributed by atoms with Crippen LogP contribution >= 0.6 is 0 Å². The quantitative estimate of drug-likeness (QED) is 0.828. The van der Waals surface area contributed by atoms with Crippen molar-refractivity contribution in [3.63, 3.8) is 0 Å². The molecule has 2 rings (SSSR count). The molecule has 0 spiro atoms. The van der Waals surface area contributed by atoms with Crippen LogP contribution in [0.3, 0.4) is 0 Å². The molecule has 0 aliphatic carbocycles. The highest BCUT2D eigenvalue weighted by atomic mass is 16.3. The number of aliphatic hydroxyl groups excluding tert-OH is 1. The van der Waals surface area contributed by atoms with Crippen LogP contribution in [0.15, 0.2) is 36.4 Å². The van der Waals surface area contributed by atoms with Crippen LogP contribution in [0.25, 0.3) is 5.57 Å². The second-order valence-electron chi connectivity index (χ2n) is 4.70. The summed E-state index contributed by atoms with van der Waals surface area (Å²) >= 11 is 0. The number of amides is 1. The molecule has 1 heterocycles. The number of likely N-dealkylation sites (tertiary alicyclic amines) is 1. The van der Waals surface area contributed by atoms with E-state index in [4.69, 9.17) is 0 Å². The van der Waals surface area contributed by atoms with Gasteiger partial charge in [0.25, 0.3) is 0 Å². The molecule has 96 valence electrons. The molecule has 1 fully saturated rings. The highest BCUT2D eigenvalue weighted by Gasteiger charge is 2.26. The number of carbonyl (C=O) groups excluding carboxylic acids is 1. The second-order valence-corrected chi connectivity index (χ2v) is 4.70. The summed E-state index contributed by atoms with van der Waals surface area (Å²) in [5, 5.41) is 9.22. The molecule has 1 aromatic carbocycles. The molecule has 1 aliphatic rings.